The van der Waals surface area contributed by atoms with Gasteiger partial charge in [-0.2, -0.15) is 5.26 Å². The number of aliphatic imine (C=N–C) groups is 1. The van der Waals surface area contributed by atoms with Crippen LogP contribution in [0.25, 0.3) is 0 Å². The van der Waals surface area contributed by atoms with E-state index < -0.39 is 4.92 Å². The molecule has 0 aromatic heterocycles. The highest BCUT2D eigenvalue weighted by Gasteiger charge is 2.29. The maximum absolute atomic E-state index is 11.1. The second-order valence-electron chi connectivity index (χ2n) is 4.72. The van der Waals surface area contributed by atoms with Gasteiger partial charge in [-0.15, -0.1) is 0 Å². The van der Waals surface area contributed by atoms with Crippen LogP contribution >= 0.6 is 0 Å². The first-order chi connectivity index (χ1) is 8.49. The molecule has 0 radical (unpaired) electrons. The predicted octanol–water partition coefficient (Wildman–Crippen LogP) is 0.404. The molecule has 2 atom stereocenters. The van der Waals surface area contributed by atoms with E-state index in [1.807, 2.05) is 27.0 Å². The van der Waals surface area contributed by atoms with Gasteiger partial charge in [0.25, 0.3) is 0 Å². The van der Waals surface area contributed by atoms with Crippen molar-refractivity contribution >= 4 is 5.71 Å². The first kappa shape index (κ1) is 14.3. The molecular weight excluding hydrogens is 232 g/mol. The van der Waals surface area contributed by atoms with E-state index in [4.69, 9.17) is 5.26 Å². The van der Waals surface area contributed by atoms with Crippen LogP contribution < -0.4 is 4.90 Å². The number of nitrogens with one attached hydrogen (secondary N) is 1. The van der Waals surface area contributed by atoms with Crippen LogP contribution in [0.4, 0.5) is 0 Å². The van der Waals surface area contributed by atoms with Gasteiger partial charge in [0.1, 0.15) is 12.6 Å². The first-order valence-electron chi connectivity index (χ1n) is 6.16. The molecule has 98 valence electrons. The van der Waals surface area contributed by atoms with Crippen LogP contribution in [0.3, 0.4) is 0 Å². The van der Waals surface area contributed by atoms with Crippen molar-refractivity contribution in [3.63, 3.8) is 0 Å². The number of hydrogen-bond donors (Lipinski definition) is 1. The molecule has 18 heavy (non-hydrogen) atoms. The minimum absolute atomic E-state index is 0.00983. The Bertz CT molecular complexity index is 434. The molecule has 0 bridgehead atoms. The Morgan fingerprint density at radius 2 is 2.33 bits per heavy atom. The number of quaternary nitrogens is 1. The van der Waals surface area contributed by atoms with E-state index >= 15 is 0 Å². The van der Waals surface area contributed by atoms with Crippen LogP contribution in [0.15, 0.2) is 16.4 Å². The summed E-state index contributed by atoms with van der Waals surface area (Å²) in [4.78, 5) is 15.8. The van der Waals surface area contributed by atoms with Crippen molar-refractivity contribution in [2.45, 2.75) is 26.7 Å². The van der Waals surface area contributed by atoms with Gasteiger partial charge in [0.2, 0.25) is 5.71 Å². The molecule has 1 aliphatic rings. The lowest BCUT2D eigenvalue weighted by molar-refractivity contribution is -0.872. The van der Waals surface area contributed by atoms with Gasteiger partial charge in [0.15, 0.2) is 0 Å². The van der Waals surface area contributed by atoms with Gasteiger partial charge in [0.05, 0.1) is 19.2 Å². The number of rotatable bonds is 4. The van der Waals surface area contributed by atoms with Crippen LogP contribution in [0, 0.1) is 27.4 Å². The van der Waals surface area contributed by atoms with Crippen molar-refractivity contribution in [1.82, 2.24) is 0 Å². The van der Waals surface area contributed by atoms with E-state index in [1.165, 1.54) is 4.90 Å². The summed E-state index contributed by atoms with van der Waals surface area (Å²) in [5.41, 5.74) is 1.02. The highest BCUT2D eigenvalue weighted by Crippen LogP contribution is 2.22. The number of nitrogens with zero attached hydrogens (tertiary/aromatic N) is 3. The number of hydrogen-bond acceptors (Lipinski definition) is 4. The molecule has 6 heteroatoms. The molecule has 0 spiro atoms. The van der Waals surface area contributed by atoms with Crippen LogP contribution in [0.5, 0.6) is 0 Å². The van der Waals surface area contributed by atoms with E-state index in [2.05, 4.69) is 4.99 Å². The molecule has 0 aromatic rings. The predicted molar refractivity (Wildman–Crippen MR) is 67.8 cm³/mol. The second kappa shape index (κ2) is 6.26. The second-order valence-corrected chi connectivity index (χ2v) is 4.72. The van der Waals surface area contributed by atoms with E-state index in [1.54, 1.807) is 0 Å². The highest BCUT2D eigenvalue weighted by molar-refractivity contribution is 6.00. The van der Waals surface area contributed by atoms with Crippen LogP contribution in [-0.4, -0.2) is 30.8 Å². The molecule has 0 aliphatic carbocycles. The Balaban J connectivity index is 3.13. The van der Waals surface area contributed by atoms with Crippen molar-refractivity contribution in [2.75, 3.05) is 20.1 Å². The molecule has 1 aliphatic heterocycles. The third kappa shape index (κ3) is 3.37. The smallest absolute Gasteiger partial charge is 0.358 e. The van der Waals surface area contributed by atoms with Gasteiger partial charge < -0.3 is 15.0 Å². The lowest BCUT2D eigenvalue weighted by Crippen LogP contribution is -3.08. The van der Waals surface area contributed by atoms with Crippen molar-refractivity contribution in [3.05, 3.63) is 21.5 Å². The molecule has 0 saturated carbocycles. The third-order valence-electron chi connectivity index (χ3n) is 3.29. The molecule has 0 fully saturated rings. The van der Waals surface area contributed by atoms with Gasteiger partial charge in [0, 0.05) is 5.92 Å². The first-order valence-corrected chi connectivity index (χ1v) is 6.16. The molecule has 6 nitrogen and oxygen atoms in total. The minimum atomic E-state index is -0.465. The summed E-state index contributed by atoms with van der Waals surface area (Å²) < 4.78 is 0. The summed E-state index contributed by atoms with van der Waals surface area (Å²) >= 11 is 0. The Kier molecular flexibility index (Phi) is 4.98. The molecule has 0 aromatic carbocycles. The minimum Gasteiger partial charge on any atom is -0.358 e. The average Bonchev–Trinajstić information content (AvgIpc) is 2.49. The topological polar surface area (TPSA) is 83.7 Å². The molecular formula is C12H19N4O2+. The molecule has 1 heterocycles. The van der Waals surface area contributed by atoms with Crippen molar-refractivity contribution in [2.24, 2.45) is 10.9 Å². The Labute approximate surface area is 107 Å². The normalized spacial score (nSPS) is 21.9. The zero-order valence-corrected chi connectivity index (χ0v) is 11.1. The summed E-state index contributed by atoms with van der Waals surface area (Å²) in [6.45, 7) is 5.44. The lowest BCUT2D eigenvalue weighted by Gasteiger charge is -2.13. The number of likely N-dealkylation sites (N-methyl/N-ethyl adjacent to an activating group) is 1. The van der Waals surface area contributed by atoms with Gasteiger partial charge in [-0.05, 0) is 29.7 Å². The largest absolute Gasteiger partial charge is 0.369 e. The van der Waals surface area contributed by atoms with E-state index in [9.17, 15) is 10.1 Å². The highest BCUT2D eigenvalue weighted by atomic mass is 16.6. The summed E-state index contributed by atoms with van der Waals surface area (Å²) in [6, 6.07) is 1.97. The molecule has 1 rings (SSSR count). The quantitative estimate of drug-likeness (QED) is 0.580. The summed E-state index contributed by atoms with van der Waals surface area (Å²) in [5.74, 6) is -0.131. The van der Waals surface area contributed by atoms with E-state index in [0.29, 0.717) is 13.0 Å². The maximum atomic E-state index is 11.1. The van der Waals surface area contributed by atoms with E-state index in [-0.39, 0.29) is 17.5 Å². The standard InChI is InChI=1S/C12H18N4O2/c1-4-15(3)8-10-6-5-9(2)11(7-13)14-12(10)16(17)18/h9H,4-6,8H2,1-3H3/p+1. The van der Waals surface area contributed by atoms with Gasteiger partial charge in [-0.1, -0.05) is 6.92 Å². The van der Waals surface area contributed by atoms with Crippen molar-refractivity contribution in [1.29, 1.82) is 5.26 Å². The molecule has 2 unspecified atom stereocenters. The fourth-order valence-corrected chi connectivity index (χ4v) is 1.90. The third-order valence-corrected chi connectivity index (χ3v) is 3.29. The van der Waals surface area contributed by atoms with Gasteiger partial charge in [-0.25, -0.2) is 0 Å². The Morgan fingerprint density at radius 3 is 2.83 bits per heavy atom. The fourth-order valence-electron chi connectivity index (χ4n) is 1.90. The van der Waals surface area contributed by atoms with Crippen molar-refractivity contribution < 1.29 is 9.82 Å². The molecule has 0 saturated heterocycles. The Morgan fingerprint density at radius 1 is 1.67 bits per heavy atom. The van der Waals surface area contributed by atoms with Crippen LogP contribution in [0.2, 0.25) is 0 Å². The summed E-state index contributed by atoms with van der Waals surface area (Å²) in [7, 11) is 1.99. The van der Waals surface area contributed by atoms with E-state index in [0.717, 1.165) is 18.5 Å². The fraction of sp³-hybridized carbons (Fsp3) is 0.667. The van der Waals surface area contributed by atoms with Crippen LogP contribution in [0.1, 0.15) is 26.7 Å². The van der Waals surface area contributed by atoms with Crippen molar-refractivity contribution in [3.8, 4) is 6.07 Å². The van der Waals surface area contributed by atoms with Crippen LogP contribution in [-0.2, 0) is 0 Å². The van der Waals surface area contributed by atoms with Gasteiger partial charge >= 0.3 is 5.82 Å². The SMILES string of the molecule is CC[NH+](C)CC1=C([N+](=O)[O-])N=C(C#N)C(C)CC1. The Hall–Kier alpha value is -1.74. The maximum Gasteiger partial charge on any atom is 0.369 e. The number of nitro groups is 1. The summed E-state index contributed by atoms with van der Waals surface area (Å²) in [6.07, 6.45) is 1.39. The number of nitriles is 1. The zero-order valence-electron chi connectivity index (χ0n) is 11.1. The zero-order chi connectivity index (χ0) is 13.7. The lowest BCUT2D eigenvalue weighted by atomic mass is 9.98. The summed E-state index contributed by atoms with van der Waals surface area (Å²) in [5, 5.41) is 20.0. The molecule has 0 amide bonds. The monoisotopic (exact) mass is 251 g/mol. The van der Waals surface area contributed by atoms with Gasteiger partial charge in [-0.3, -0.25) is 0 Å². The average molecular weight is 251 g/mol. The molecule has 1 N–H and O–H groups in total.